The molecule has 0 aliphatic carbocycles. The Labute approximate surface area is 180 Å². The van der Waals surface area contributed by atoms with Crippen molar-refractivity contribution in [2.24, 2.45) is 0 Å². The number of halogens is 1. The zero-order valence-electron chi connectivity index (χ0n) is 17.3. The van der Waals surface area contributed by atoms with E-state index in [1.807, 2.05) is 43.7 Å². The van der Waals surface area contributed by atoms with E-state index in [9.17, 15) is 9.59 Å². The van der Waals surface area contributed by atoms with Crippen molar-refractivity contribution >= 4 is 17.4 Å². The minimum Gasteiger partial charge on any atom is -0.485 e. The van der Waals surface area contributed by atoms with E-state index in [1.54, 1.807) is 24.7 Å². The number of Topliss-reactive ketones (excluding diaryl/α,β-unsaturated/α-hetero) is 1. The van der Waals surface area contributed by atoms with Gasteiger partial charge >= 0.3 is 0 Å². The van der Waals surface area contributed by atoms with Crippen LogP contribution in [0.2, 0.25) is 5.02 Å². The third-order valence-electron chi connectivity index (χ3n) is 4.57. The van der Waals surface area contributed by atoms with E-state index < -0.39 is 11.1 Å². The molecule has 2 heterocycles. The van der Waals surface area contributed by atoms with E-state index in [1.165, 1.54) is 10.9 Å². The molecular formula is C22H25ClN4O3. The topological polar surface area (TPSA) is 79.0 Å². The van der Waals surface area contributed by atoms with Crippen molar-refractivity contribution in [3.05, 3.63) is 75.7 Å². The lowest BCUT2D eigenvalue weighted by atomic mass is 10.0. The Morgan fingerprint density at radius 2 is 1.93 bits per heavy atom. The Morgan fingerprint density at radius 1 is 1.20 bits per heavy atom. The quantitative estimate of drug-likeness (QED) is 0.505. The lowest BCUT2D eigenvalue weighted by molar-refractivity contribution is 0.0978. The lowest BCUT2D eigenvalue weighted by Crippen LogP contribution is -2.36. The Morgan fingerprint density at radius 3 is 2.57 bits per heavy atom. The zero-order chi connectivity index (χ0) is 21.7. The average Bonchev–Trinajstić information content (AvgIpc) is 3.22. The summed E-state index contributed by atoms with van der Waals surface area (Å²) in [5, 5.41) is 4.16. The molecule has 158 valence electrons. The molecule has 0 bridgehead atoms. The second-order valence-electron chi connectivity index (χ2n) is 8.02. The number of ether oxygens (including phenoxy) is 1. The maximum absolute atomic E-state index is 12.4. The van der Waals surface area contributed by atoms with Crippen LogP contribution in [0, 0.1) is 0 Å². The molecule has 0 spiro atoms. The number of ketones is 1. The number of aromatic nitrogens is 4. The van der Waals surface area contributed by atoms with E-state index in [-0.39, 0.29) is 23.2 Å². The molecule has 0 unspecified atom stereocenters. The van der Waals surface area contributed by atoms with Crippen LogP contribution in [0.1, 0.15) is 49.5 Å². The first-order chi connectivity index (χ1) is 14.3. The van der Waals surface area contributed by atoms with Crippen molar-refractivity contribution in [2.45, 2.75) is 52.3 Å². The van der Waals surface area contributed by atoms with E-state index in [2.05, 4.69) is 10.1 Å². The number of hydrogen-bond acceptors (Lipinski definition) is 5. The molecule has 7 nitrogen and oxygen atoms in total. The third-order valence-corrected chi connectivity index (χ3v) is 4.92. The molecular weight excluding hydrogens is 404 g/mol. The molecule has 3 aromatic rings. The maximum Gasteiger partial charge on any atom is 0.289 e. The second-order valence-corrected chi connectivity index (χ2v) is 8.40. The van der Waals surface area contributed by atoms with Gasteiger partial charge in [0.25, 0.3) is 5.56 Å². The molecule has 8 heteroatoms. The second kappa shape index (κ2) is 9.26. The number of carbonyl (C=O) groups is 1. The monoisotopic (exact) mass is 428 g/mol. The molecule has 0 aliphatic heterocycles. The van der Waals surface area contributed by atoms with Crippen LogP contribution < -0.4 is 10.3 Å². The fourth-order valence-electron chi connectivity index (χ4n) is 2.93. The summed E-state index contributed by atoms with van der Waals surface area (Å²) >= 11 is 6.17. The van der Waals surface area contributed by atoms with Gasteiger partial charge in [0.2, 0.25) is 0 Å². The summed E-state index contributed by atoms with van der Waals surface area (Å²) in [7, 11) is 0. The summed E-state index contributed by atoms with van der Waals surface area (Å²) in [6, 6.07) is 7.24. The number of nitrogens with zero attached hydrogens (tertiary/aromatic N) is 4. The van der Waals surface area contributed by atoms with Crippen LogP contribution in [0.3, 0.4) is 0 Å². The van der Waals surface area contributed by atoms with Crippen molar-refractivity contribution in [3.63, 3.8) is 0 Å². The first kappa shape index (κ1) is 21.8. The summed E-state index contributed by atoms with van der Waals surface area (Å²) < 4.78 is 8.96. The van der Waals surface area contributed by atoms with Crippen molar-refractivity contribution in [1.82, 2.24) is 19.3 Å². The molecule has 0 aliphatic rings. The van der Waals surface area contributed by atoms with Gasteiger partial charge in [-0.3, -0.25) is 9.59 Å². The highest BCUT2D eigenvalue weighted by atomic mass is 35.5. The van der Waals surface area contributed by atoms with Crippen LogP contribution >= 0.6 is 11.6 Å². The van der Waals surface area contributed by atoms with Crippen molar-refractivity contribution in [2.75, 3.05) is 0 Å². The number of hydrogen-bond donors (Lipinski definition) is 0. The molecule has 0 saturated heterocycles. The molecule has 0 radical (unpaired) electrons. The largest absolute Gasteiger partial charge is 0.485 e. The number of benzene rings is 1. The Bertz CT molecular complexity index is 1050. The predicted octanol–water partition coefficient (Wildman–Crippen LogP) is 4.09. The van der Waals surface area contributed by atoms with Crippen LogP contribution in [0.4, 0.5) is 0 Å². The summed E-state index contributed by atoms with van der Waals surface area (Å²) in [5.41, 5.74) is 0.664. The molecule has 0 atom stereocenters. The van der Waals surface area contributed by atoms with Gasteiger partial charge in [0, 0.05) is 30.9 Å². The molecule has 0 fully saturated rings. The predicted molar refractivity (Wildman–Crippen MR) is 115 cm³/mol. The highest BCUT2D eigenvalue weighted by Crippen LogP contribution is 2.22. The van der Waals surface area contributed by atoms with Gasteiger partial charge in [-0.05, 0) is 32.8 Å². The number of carbonyl (C=O) groups excluding carboxylic acids is 1. The third kappa shape index (κ3) is 5.36. The van der Waals surface area contributed by atoms with Crippen molar-refractivity contribution < 1.29 is 9.53 Å². The van der Waals surface area contributed by atoms with Gasteiger partial charge in [-0.15, -0.1) is 0 Å². The highest BCUT2D eigenvalue weighted by Gasteiger charge is 2.20. The van der Waals surface area contributed by atoms with Crippen LogP contribution in [0.25, 0.3) is 0 Å². The van der Waals surface area contributed by atoms with Crippen LogP contribution in [0.5, 0.6) is 5.75 Å². The molecule has 0 N–H and O–H groups in total. The van der Waals surface area contributed by atoms with Gasteiger partial charge < -0.3 is 9.30 Å². The van der Waals surface area contributed by atoms with Crippen molar-refractivity contribution in [1.29, 1.82) is 0 Å². The summed E-state index contributed by atoms with van der Waals surface area (Å²) in [6.07, 6.45) is 8.03. The molecule has 0 saturated carbocycles. The fraction of sp³-hybridized carbons (Fsp3) is 0.364. The normalized spacial score (nSPS) is 11.5. The molecule has 0 amide bonds. The Balaban J connectivity index is 1.56. The molecule has 3 rings (SSSR count). The average molecular weight is 429 g/mol. The molecule has 30 heavy (non-hydrogen) atoms. The van der Waals surface area contributed by atoms with Gasteiger partial charge in [0.15, 0.2) is 16.6 Å². The lowest BCUT2D eigenvalue weighted by Gasteiger charge is -2.21. The standard InChI is InChI=1S/C22H25ClN4O3/c1-22(2,3)27-21(29)20(23)19(13-25-27)30-14-16-6-8-17(9-7-16)18(28)5-4-11-26-12-10-24-15-26/h6-10,12-13,15H,4-5,11,14H2,1-3H3. The van der Waals surface area contributed by atoms with Crippen LogP contribution in [-0.4, -0.2) is 25.1 Å². The summed E-state index contributed by atoms with van der Waals surface area (Å²) in [4.78, 5) is 28.7. The smallest absolute Gasteiger partial charge is 0.289 e. The number of imidazole rings is 1. The van der Waals surface area contributed by atoms with E-state index in [0.717, 1.165) is 18.5 Å². The van der Waals surface area contributed by atoms with Crippen LogP contribution in [0.15, 0.2) is 54.0 Å². The van der Waals surface area contributed by atoms with Gasteiger partial charge in [-0.2, -0.15) is 5.10 Å². The molecule has 2 aromatic heterocycles. The summed E-state index contributed by atoms with van der Waals surface area (Å²) in [6.45, 7) is 6.60. The fourth-order valence-corrected chi connectivity index (χ4v) is 3.11. The highest BCUT2D eigenvalue weighted by molar-refractivity contribution is 6.31. The minimum absolute atomic E-state index is 0.00427. The maximum atomic E-state index is 12.4. The van der Waals surface area contributed by atoms with Crippen LogP contribution in [-0.2, 0) is 18.7 Å². The van der Waals surface area contributed by atoms with Gasteiger partial charge in [0.1, 0.15) is 6.61 Å². The van der Waals surface area contributed by atoms with Gasteiger partial charge in [0.05, 0.1) is 18.1 Å². The van der Waals surface area contributed by atoms with E-state index in [0.29, 0.717) is 12.0 Å². The zero-order valence-corrected chi connectivity index (χ0v) is 18.1. The minimum atomic E-state index is -0.472. The SMILES string of the molecule is CC(C)(C)n1ncc(OCc2ccc(C(=O)CCCn3ccnc3)cc2)c(Cl)c1=O. The Hall–Kier alpha value is -2.93. The number of rotatable bonds is 8. The first-order valence-corrected chi connectivity index (χ1v) is 10.1. The van der Waals surface area contributed by atoms with Crippen molar-refractivity contribution in [3.8, 4) is 5.75 Å². The number of aryl methyl sites for hydroxylation is 1. The molecule has 1 aromatic carbocycles. The summed E-state index contributed by atoms with van der Waals surface area (Å²) in [5.74, 6) is 0.336. The van der Waals surface area contributed by atoms with Gasteiger partial charge in [-0.25, -0.2) is 9.67 Å². The first-order valence-electron chi connectivity index (χ1n) is 9.74. The van der Waals surface area contributed by atoms with Gasteiger partial charge in [-0.1, -0.05) is 35.9 Å². The van der Waals surface area contributed by atoms with E-state index >= 15 is 0 Å². The Kier molecular flexibility index (Phi) is 6.72. The van der Waals surface area contributed by atoms with E-state index in [4.69, 9.17) is 16.3 Å².